The predicted octanol–water partition coefficient (Wildman–Crippen LogP) is 4.05. The molecule has 3 nitrogen and oxygen atoms in total. The van der Waals surface area contributed by atoms with Crippen LogP contribution in [0.1, 0.15) is 37.9 Å². The number of carbonyl (C=O) groups is 1. The molecular formula is C20H24F2N2O. The summed E-state index contributed by atoms with van der Waals surface area (Å²) in [6.45, 7) is 6.29. The number of hydrogen-bond acceptors (Lipinski definition) is 2. The van der Waals surface area contributed by atoms with Gasteiger partial charge >= 0.3 is 0 Å². The Morgan fingerprint density at radius 1 is 1.08 bits per heavy atom. The second-order valence-electron chi connectivity index (χ2n) is 6.37. The van der Waals surface area contributed by atoms with Gasteiger partial charge < -0.3 is 10.2 Å². The Morgan fingerprint density at radius 3 is 2.36 bits per heavy atom. The van der Waals surface area contributed by atoms with Crippen molar-refractivity contribution in [1.82, 2.24) is 10.2 Å². The predicted molar refractivity (Wildman–Crippen MR) is 94.9 cm³/mol. The summed E-state index contributed by atoms with van der Waals surface area (Å²) in [7, 11) is 0. The van der Waals surface area contributed by atoms with E-state index in [2.05, 4.69) is 5.32 Å². The summed E-state index contributed by atoms with van der Waals surface area (Å²) < 4.78 is 26.8. The summed E-state index contributed by atoms with van der Waals surface area (Å²) in [6.07, 6.45) is 0. The Balaban J connectivity index is 1.98. The lowest BCUT2D eigenvalue weighted by Gasteiger charge is -2.28. The molecule has 0 aliphatic heterocycles. The third-order valence-electron chi connectivity index (χ3n) is 4.13. The molecular weight excluding hydrogens is 322 g/mol. The number of rotatable bonds is 7. The van der Waals surface area contributed by atoms with Crippen LogP contribution in [-0.4, -0.2) is 23.4 Å². The molecule has 0 aliphatic rings. The first-order valence-corrected chi connectivity index (χ1v) is 8.40. The molecule has 0 bridgehead atoms. The number of benzene rings is 2. The fourth-order valence-corrected chi connectivity index (χ4v) is 2.64. The van der Waals surface area contributed by atoms with E-state index >= 15 is 0 Å². The number of hydrogen-bond donors (Lipinski definition) is 1. The van der Waals surface area contributed by atoms with E-state index in [0.29, 0.717) is 12.1 Å². The standard InChI is InChI=1S/C20H24F2N2O/c1-14(2)24(13-16-7-5-4-6-8-16)20(25)12-23-15(3)18-10-9-17(21)11-19(18)22/h4-11,14-15,23H,12-13H2,1-3H3. The van der Waals surface area contributed by atoms with Crippen molar-refractivity contribution in [2.24, 2.45) is 0 Å². The van der Waals surface area contributed by atoms with Crippen LogP contribution in [0.3, 0.4) is 0 Å². The molecule has 0 aliphatic carbocycles. The molecule has 0 heterocycles. The lowest BCUT2D eigenvalue weighted by Crippen LogP contribution is -2.42. The van der Waals surface area contributed by atoms with Gasteiger partial charge in [0.15, 0.2) is 0 Å². The quantitative estimate of drug-likeness (QED) is 0.820. The molecule has 2 aromatic carbocycles. The Morgan fingerprint density at radius 2 is 1.76 bits per heavy atom. The SMILES string of the molecule is CC(NCC(=O)N(Cc1ccccc1)C(C)C)c1ccc(F)cc1F. The van der Waals surface area contributed by atoms with Gasteiger partial charge in [-0.25, -0.2) is 8.78 Å². The molecule has 0 spiro atoms. The Bertz CT molecular complexity index is 704. The van der Waals surface area contributed by atoms with Gasteiger partial charge in [0.2, 0.25) is 5.91 Å². The third-order valence-corrected chi connectivity index (χ3v) is 4.13. The van der Waals surface area contributed by atoms with Crippen molar-refractivity contribution in [1.29, 1.82) is 0 Å². The number of carbonyl (C=O) groups excluding carboxylic acids is 1. The second-order valence-corrected chi connectivity index (χ2v) is 6.37. The summed E-state index contributed by atoms with van der Waals surface area (Å²) in [5.41, 5.74) is 1.40. The normalized spacial score (nSPS) is 12.2. The van der Waals surface area contributed by atoms with Gasteiger partial charge in [-0.2, -0.15) is 0 Å². The van der Waals surface area contributed by atoms with Gasteiger partial charge in [0.1, 0.15) is 11.6 Å². The summed E-state index contributed by atoms with van der Waals surface area (Å²) in [4.78, 5) is 14.3. The minimum Gasteiger partial charge on any atom is -0.335 e. The van der Waals surface area contributed by atoms with E-state index in [1.807, 2.05) is 44.2 Å². The average Bonchev–Trinajstić information content (AvgIpc) is 2.58. The van der Waals surface area contributed by atoms with E-state index in [4.69, 9.17) is 0 Å². The maximum Gasteiger partial charge on any atom is 0.237 e. The smallest absolute Gasteiger partial charge is 0.237 e. The Hall–Kier alpha value is -2.27. The van der Waals surface area contributed by atoms with Gasteiger partial charge in [0.05, 0.1) is 6.54 Å². The third kappa shape index (κ3) is 5.36. The molecule has 1 unspecified atom stereocenters. The zero-order valence-electron chi connectivity index (χ0n) is 14.8. The minimum absolute atomic E-state index is 0.0485. The first-order valence-electron chi connectivity index (χ1n) is 8.40. The van der Waals surface area contributed by atoms with E-state index in [-0.39, 0.29) is 18.5 Å². The number of nitrogens with one attached hydrogen (secondary N) is 1. The van der Waals surface area contributed by atoms with Crippen LogP contribution in [0.5, 0.6) is 0 Å². The molecule has 2 aromatic rings. The maximum atomic E-state index is 13.8. The highest BCUT2D eigenvalue weighted by Gasteiger charge is 2.19. The van der Waals surface area contributed by atoms with E-state index < -0.39 is 17.7 Å². The largest absolute Gasteiger partial charge is 0.335 e. The van der Waals surface area contributed by atoms with Crippen molar-refractivity contribution in [2.75, 3.05) is 6.54 Å². The van der Waals surface area contributed by atoms with E-state index in [1.165, 1.54) is 12.1 Å². The van der Waals surface area contributed by atoms with Crippen LogP contribution in [0.15, 0.2) is 48.5 Å². The molecule has 0 saturated heterocycles. The van der Waals surface area contributed by atoms with Crippen LogP contribution < -0.4 is 5.32 Å². The Labute approximate surface area is 147 Å². The lowest BCUT2D eigenvalue weighted by molar-refractivity contribution is -0.132. The van der Waals surface area contributed by atoms with Crippen LogP contribution in [0.25, 0.3) is 0 Å². The number of nitrogens with zero attached hydrogens (tertiary/aromatic N) is 1. The summed E-state index contributed by atoms with van der Waals surface area (Å²) in [5.74, 6) is -1.29. The molecule has 0 fully saturated rings. The van der Waals surface area contributed by atoms with Gasteiger partial charge in [-0.1, -0.05) is 36.4 Å². The van der Waals surface area contributed by atoms with Crippen LogP contribution in [0.2, 0.25) is 0 Å². The monoisotopic (exact) mass is 346 g/mol. The molecule has 2 rings (SSSR count). The molecule has 25 heavy (non-hydrogen) atoms. The Kier molecular flexibility index (Phi) is 6.65. The fourth-order valence-electron chi connectivity index (χ4n) is 2.64. The second kappa shape index (κ2) is 8.72. The minimum atomic E-state index is -0.613. The highest BCUT2D eigenvalue weighted by molar-refractivity contribution is 5.78. The van der Waals surface area contributed by atoms with E-state index in [9.17, 15) is 13.6 Å². The van der Waals surface area contributed by atoms with Crippen molar-refractivity contribution in [3.63, 3.8) is 0 Å². The zero-order valence-corrected chi connectivity index (χ0v) is 14.8. The van der Waals surface area contributed by atoms with Gasteiger partial charge in [0, 0.05) is 30.3 Å². The number of halogens is 2. The molecule has 1 amide bonds. The highest BCUT2D eigenvalue weighted by atomic mass is 19.1. The van der Waals surface area contributed by atoms with Crippen molar-refractivity contribution in [3.8, 4) is 0 Å². The van der Waals surface area contributed by atoms with E-state index in [0.717, 1.165) is 11.6 Å². The summed E-state index contributed by atoms with van der Waals surface area (Å²) in [5, 5.41) is 3.03. The lowest BCUT2D eigenvalue weighted by atomic mass is 10.1. The molecule has 134 valence electrons. The fraction of sp³-hybridized carbons (Fsp3) is 0.350. The van der Waals surface area contributed by atoms with Crippen molar-refractivity contribution in [2.45, 2.75) is 39.4 Å². The van der Waals surface area contributed by atoms with Crippen molar-refractivity contribution >= 4 is 5.91 Å². The molecule has 0 saturated carbocycles. The van der Waals surface area contributed by atoms with Crippen molar-refractivity contribution in [3.05, 3.63) is 71.3 Å². The molecule has 1 atom stereocenters. The van der Waals surface area contributed by atoms with Gasteiger partial charge in [0.25, 0.3) is 0 Å². The maximum absolute atomic E-state index is 13.8. The first-order chi connectivity index (χ1) is 11.9. The van der Waals surface area contributed by atoms with Crippen molar-refractivity contribution < 1.29 is 13.6 Å². The van der Waals surface area contributed by atoms with Crippen LogP contribution in [0.4, 0.5) is 8.78 Å². The van der Waals surface area contributed by atoms with Crippen LogP contribution in [-0.2, 0) is 11.3 Å². The summed E-state index contributed by atoms with van der Waals surface area (Å²) in [6, 6.07) is 12.9. The summed E-state index contributed by atoms with van der Waals surface area (Å²) >= 11 is 0. The molecule has 0 aromatic heterocycles. The first kappa shape index (κ1) is 19.1. The van der Waals surface area contributed by atoms with Crippen LogP contribution >= 0.6 is 0 Å². The van der Waals surface area contributed by atoms with Crippen LogP contribution in [0, 0.1) is 11.6 Å². The van der Waals surface area contributed by atoms with Gasteiger partial charge in [-0.05, 0) is 32.4 Å². The van der Waals surface area contributed by atoms with Gasteiger partial charge in [-0.15, -0.1) is 0 Å². The topological polar surface area (TPSA) is 32.3 Å². The molecule has 5 heteroatoms. The van der Waals surface area contributed by atoms with Gasteiger partial charge in [-0.3, -0.25) is 4.79 Å². The zero-order chi connectivity index (χ0) is 18.4. The van der Waals surface area contributed by atoms with E-state index in [1.54, 1.807) is 11.8 Å². The average molecular weight is 346 g/mol. The molecule has 1 N–H and O–H groups in total. The molecule has 0 radical (unpaired) electrons. The highest BCUT2D eigenvalue weighted by Crippen LogP contribution is 2.17. The number of amides is 1.